The Hall–Kier alpha value is -2.64. The molecule has 0 unspecified atom stereocenters. The van der Waals surface area contributed by atoms with Crippen molar-refractivity contribution in [3.05, 3.63) is 29.6 Å². The average molecular weight is 362 g/mol. The molecule has 2 saturated heterocycles. The fourth-order valence-corrected chi connectivity index (χ4v) is 3.45. The first-order chi connectivity index (χ1) is 12.3. The number of hydrogen-bond acceptors (Lipinski definition) is 3. The highest BCUT2D eigenvalue weighted by Crippen LogP contribution is 2.25. The second kappa shape index (κ2) is 6.93. The van der Waals surface area contributed by atoms with Gasteiger partial charge < -0.3 is 20.9 Å². The Labute approximate surface area is 151 Å². The van der Waals surface area contributed by atoms with E-state index in [0.717, 1.165) is 5.56 Å². The van der Waals surface area contributed by atoms with Crippen LogP contribution in [-0.2, 0) is 9.59 Å². The number of nitrogens with one attached hydrogen (secondary N) is 3. The van der Waals surface area contributed by atoms with E-state index in [1.807, 2.05) is 13.8 Å². The van der Waals surface area contributed by atoms with E-state index in [1.54, 1.807) is 17.9 Å². The van der Waals surface area contributed by atoms with Crippen LogP contribution in [0.5, 0.6) is 0 Å². The molecular formula is C18H23FN4O3. The van der Waals surface area contributed by atoms with Crippen LogP contribution in [0.25, 0.3) is 0 Å². The molecule has 3 N–H and O–H groups in total. The van der Waals surface area contributed by atoms with E-state index >= 15 is 0 Å². The number of anilines is 1. The van der Waals surface area contributed by atoms with E-state index in [9.17, 15) is 18.8 Å². The Morgan fingerprint density at radius 1 is 1.35 bits per heavy atom. The SMILES string of the molecule is Cc1ccc(F)cc1NC(=O)N[C@H]1C[C@H]2C(=O)N[C@H](C(C)C)C(=O)N2C1. The lowest BCUT2D eigenvalue weighted by Gasteiger charge is -2.36. The zero-order valence-corrected chi connectivity index (χ0v) is 15.0. The van der Waals surface area contributed by atoms with Crippen LogP contribution >= 0.6 is 0 Å². The van der Waals surface area contributed by atoms with Gasteiger partial charge in [-0.2, -0.15) is 0 Å². The maximum absolute atomic E-state index is 13.3. The summed E-state index contributed by atoms with van der Waals surface area (Å²) >= 11 is 0. The quantitative estimate of drug-likeness (QED) is 0.759. The molecule has 1 aromatic carbocycles. The summed E-state index contributed by atoms with van der Waals surface area (Å²) < 4.78 is 13.3. The molecule has 4 amide bonds. The molecule has 0 aliphatic carbocycles. The highest BCUT2D eigenvalue weighted by Gasteiger charge is 2.47. The number of amides is 4. The van der Waals surface area contributed by atoms with Gasteiger partial charge in [0, 0.05) is 12.2 Å². The number of hydrogen-bond donors (Lipinski definition) is 3. The molecule has 26 heavy (non-hydrogen) atoms. The van der Waals surface area contributed by atoms with E-state index in [1.165, 1.54) is 12.1 Å². The van der Waals surface area contributed by atoms with Gasteiger partial charge in [-0.3, -0.25) is 9.59 Å². The summed E-state index contributed by atoms with van der Waals surface area (Å²) in [6, 6.07) is 2.24. The Morgan fingerprint density at radius 2 is 2.08 bits per heavy atom. The van der Waals surface area contributed by atoms with Gasteiger partial charge in [-0.1, -0.05) is 19.9 Å². The molecule has 2 fully saturated rings. The van der Waals surface area contributed by atoms with Crippen molar-refractivity contribution >= 4 is 23.5 Å². The molecule has 2 aliphatic heterocycles. The lowest BCUT2D eigenvalue weighted by molar-refractivity contribution is -0.148. The minimum Gasteiger partial charge on any atom is -0.342 e. The average Bonchev–Trinajstić information content (AvgIpc) is 2.98. The fraction of sp³-hybridized carbons (Fsp3) is 0.500. The summed E-state index contributed by atoms with van der Waals surface area (Å²) in [6.45, 7) is 5.81. The van der Waals surface area contributed by atoms with Crippen LogP contribution in [0.2, 0.25) is 0 Å². The molecule has 0 bridgehead atoms. The third kappa shape index (κ3) is 3.49. The van der Waals surface area contributed by atoms with E-state index in [2.05, 4.69) is 16.0 Å². The normalized spacial score (nSPS) is 25.1. The first-order valence-corrected chi connectivity index (χ1v) is 8.70. The topological polar surface area (TPSA) is 90.5 Å². The number of piperazine rings is 1. The fourth-order valence-electron chi connectivity index (χ4n) is 3.45. The van der Waals surface area contributed by atoms with Crippen molar-refractivity contribution in [3.63, 3.8) is 0 Å². The summed E-state index contributed by atoms with van der Waals surface area (Å²) in [5.74, 6) is -0.742. The van der Waals surface area contributed by atoms with Crippen LogP contribution < -0.4 is 16.0 Å². The largest absolute Gasteiger partial charge is 0.342 e. The Kier molecular flexibility index (Phi) is 4.84. The molecule has 0 radical (unpaired) electrons. The molecule has 2 heterocycles. The Balaban J connectivity index is 1.64. The summed E-state index contributed by atoms with van der Waals surface area (Å²) in [5.41, 5.74) is 1.12. The van der Waals surface area contributed by atoms with Crippen LogP contribution in [0.4, 0.5) is 14.9 Å². The highest BCUT2D eigenvalue weighted by atomic mass is 19.1. The van der Waals surface area contributed by atoms with Gasteiger partial charge in [-0.25, -0.2) is 9.18 Å². The van der Waals surface area contributed by atoms with Gasteiger partial charge in [0.15, 0.2) is 0 Å². The predicted molar refractivity (Wildman–Crippen MR) is 94.0 cm³/mol. The number of nitrogens with zero attached hydrogens (tertiary/aromatic N) is 1. The number of carbonyl (C=O) groups excluding carboxylic acids is 3. The van der Waals surface area contributed by atoms with Crippen LogP contribution in [0.3, 0.4) is 0 Å². The van der Waals surface area contributed by atoms with Gasteiger partial charge in [0.25, 0.3) is 0 Å². The van der Waals surface area contributed by atoms with Crippen molar-refractivity contribution in [2.45, 2.75) is 45.3 Å². The van der Waals surface area contributed by atoms with Crippen molar-refractivity contribution in [1.29, 1.82) is 0 Å². The molecule has 3 rings (SSSR count). The first kappa shape index (κ1) is 18.2. The molecule has 7 nitrogen and oxygen atoms in total. The smallest absolute Gasteiger partial charge is 0.319 e. The van der Waals surface area contributed by atoms with E-state index in [-0.39, 0.29) is 30.3 Å². The Bertz CT molecular complexity index is 752. The number of rotatable bonds is 3. The Morgan fingerprint density at radius 3 is 2.77 bits per heavy atom. The maximum atomic E-state index is 13.3. The minimum absolute atomic E-state index is 0.00124. The molecular weight excluding hydrogens is 339 g/mol. The summed E-state index contributed by atoms with van der Waals surface area (Å²) in [6.07, 6.45) is 0.359. The minimum atomic E-state index is -0.557. The number of urea groups is 1. The zero-order chi connectivity index (χ0) is 19.0. The predicted octanol–water partition coefficient (Wildman–Crippen LogP) is 1.38. The zero-order valence-electron chi connectivity index (χ0n) is 15.0. The van der Waals surface area contributed by atoms with Crippen molar-refractivity contribution in [1.82, 2.24) is 15.5 Å². The van der Waals surface area contributed by atoms with E-state index in [0.29, 0.717) is 12.1 Å². The molecule has 0 spiro atoms. The lowest BCUT2D eigenvalue weighted by atomic mass is 9.98. The molecule has 140 valence electrons. The number of halogens is 1. The molecule has 1 aromatic rings. The molecule has 3 atom stereocenters. The van der Waals surface area contributed by atoms with Gasteiger partial charge in [-0.05, 0) is 37.0 Å². The van der Waals surface area contributed by atoms with Crippen LogP contribution in [0.15, 0.2) is 18.2 Å². The summed E-state index contributed by atoms with van der Waals surface area (Å²) in [5, 5.41) is 8.15. The van der Waals surface area contributed by atoms with Gasteiger partial charge in [0.05, 0.1) is 6.04 Å². The van der Waals surface area contributed by atoms with Gasteiger partial charge in [0.2, 0.25) is 11.8 Å². The van der Waals surface area contributed by atoms with Gasteiger partial charge in [0.1, 0.15) is 17.9 Å². The van der Waals surface area contributed by atoms with Crippen molar-refractivity contribution in [3.8, 4) is 0 Å². The molecule has 2 aliphatic rings. The monoisotopic (exact) mass is 362 g/mol. The summed E-state index contributed by atoms with van der Waals surface area (Å²) in [7, 11) is 0. The second-order valence-electron chi connectivity index (χ2n) is 7.23. The third-order valence-corrected chi connectivity index (χ3v) is 4.90. The standard InChI is InChI=1S/C18H23FN4O3/c1-9(2)15-17(25)23-8-12(7-14(23)16(24)22-15)20-18(26)21-13-6-11(19)5-4-10(13)3/h4-6,9,12,14-15H,7-8H2,1-3H3,(H,22,24)(H2,20,21,26)/t12-,14-,15+/m0/s1. The number of benzene rings is 1. The molecule has 0 saturated carbocycles. The van der Waals surface area contributed by atoms with Crippen LogP contribution in [0, 0.1) is 18.7 Å². The van der Waals surface area contributed by atoms with Crippen molar-refractivity contribution in [2.75, 3.05) is 11.9 Å². The lowest BCUT2D eigenvalue weighted by Crippen LogP contribution is -2.62. The van der Waals surface area contributed by atoms with Crippen molar-refractivity contribution in [2.24, 2.45) is 5.92 Å². The second-order valence-corrected chi connectivity index (χ2v) is 7.23. The van der Waals surface area contributed by atoms with E-state index in [4.69, 9.17) is 0 Å². The van der Waals surface area contributed by atoms with Gasteiger partial charge in [-0.15, -0.1) is 0 Å². The van der Waals surface area contributed by atoms with Gasteiger partial charge >= 0.3 is 6.03 Å². The number of fused-ring (bicyclic) bond motifs is 1. The van der Waals surface area contributed by atoms with Crippen LogP contribution in [0.1, 0.15) is 25.8 Å². The number of carbonyl (C=O) groups is 3. The van der Waals surface area contributed by atoms with Crippen molar-refractivity contribution < 1.29 is 18.8 Å². The maximum Gasteiger partial charge on any atom is 0.319 e. The molecule has 0 aromatic heterocycles. The summed E-state index contributed by atoms with van der Waals surface area (Å²) in [4.78, 5) is 38.6. The highest BCUT2D eigenvalue weighted by molar-refractivity contribution is 5.98. The number of aryl methyl sites for hydroxylation is 1. The van der Waals surface area contributed by atoms with Crippen LogP contribution in [-0.4, -0.2) is 47.4 Å². The first-order valence-electron chi connectivity index (χ1n) is 8.70. The molecule has 8 heteroatoms. The van der Waals surface area contributed by atoms with E-state index < -0.39 is 23.9 Å². The third-order valence-electron chi connectivity index (χ3n) is 4.90.